The van der Waals surface area contributed by atoms with Crippen LogP contribution in [0.3, 0.4) is 0 Å². The summed E-state index contributed by atoms with van der Waals surface area (Å²) in [6, 6.07) is 12.3. The molecule has 7 nitrogen and oxygen atoms in total. The summed E-state index contributed by atoms with van der Waals surface area (Å²) in [5, 5.41) is 6.77. The molecule has 28 heavy (non-hydrogen) atoms. The van der Waals surface area contributed by atoms with E-state index in [-0.39, 0.29) is 5.91 Å². The number of benzene rings is 2. The quantitative estimate of drug-likeness (QED) is 0.548. The number of aromatic nitrogens is 2. The number of ether oxygens (including phenoxy) is 1. The Morgan fingerprint density at radius 2 is 1.89 bits per heavy atom. The number of carbonyl (C=O) groups is 1. The van der Waals surface area contributed by atoms with Crippen molar-refractivity contribution < 1.29 is 18.5 Å². The molecule has 0 radical (unpaired) electrons. The lowest BCUT2D eigenvalue weighted by molar-refractivity contribution is 0.102. The number of aryl methyl sites for hydroxylation is 3. The standard InChI is InChI=1S/C21H19N3O4/c1-12-18(13(2)28-24-12)11-26-17-7-4-15(5-8-17)21(25)23-16-6-9-20-19(10-16)22-14(3)27-20/h4-10H,11H2,1-3H3,(H,23,25). The third-order valence-corrected chi connectivity index (χ3v) is 4.43. The summed E-state index contributed by atoms with van der Waals surface area (Å²) in [6.07, 6.45) is 0. The Bertz CT molecular complexity index is 1120. The molecule has 0 bridgehead atoms. The van der Waals surface area contributed by atoms with Gasteiger partial charge in [-0.1, -0.05) is 5.16 Å². The second-order valence-electron chi connectivity index (χ2n) is 6.49. The Labute approximate surface area is 161 Å². The summed E-state index contributed by atoms with van der Waals surface area (Å²) in [7, 11) is 0. The SMILES string of the molecule is Cc1nc2cc(NC(=O)c3ccc(OCc4c(C)noc4C)cc3)ccc2o1. The first-order valence-electron chi connectivity index (χ1n) is 8.83. The van der Waals surface area contributed by atoms with Crippen molar-refractivity contribution in [1.82, 2.24) is 10.1 Å². The normalized spacial score (nSPS) is 11.0. The lowest BCUT2D eigenvalue weighted by Gasteiger charge is -2.08. The molecule has 4 aromatic rings. The van der Waals surface area contributed by atoms with Crippen LogP contribution in [0.5, 0.6) is 5.75 Å². The van der Waals surface area contributed by atoms with E-state index in [1.807, 2.05) is 13.8 Å². The van der Waals surface area contributed by atoms with Gasteiger partial charge in [0.2, 0.25) is 0 Å². The summed E-state index contributed by atoms with van der Waals surface area (Å²) in [6.45, 7) is 5.88. The Morgan fingerprint density at radius 3 is 2.61 bits per heavy atom. The van der Waals surface area contributed by atoms with Crippen LogP contribution in [0.25, 0.3) is 11.1 Å². The highest BCUT2D eigenvalue weighted by Crippen LogP contribution is 2.21. The molecule has 0 aliphatic carbocycles. The third kappa shape index (κ3) is 3.59. The molecule has 0 atom stereocenters. The number of nitrogens with one attached hydrogen (secondary N) is 1. The van der Waals surface area contributed by atoms with Gasteiger partial charge in [-0.3, -0.25) is 4.79 Å². The van der Waals surface area contributed by atoms with Gasteiger partial charge in [0.1, 0.15) is 23.6 Å². The molecule has 1 N–H and O–H groups in total. The number of anilines is 1. The molecule has 4 rings (SSSR count). The predicted octanol–water partition coefficient (Wildman–Crippen LogP) is 4.57. The van der Waals surface area contributed by atoms with Crippen molar-refractivity contribution in [3.05, 3.63) is 70.9 Å². The van der Waals surface area contributed by atoms with Gasteiger partial charge >= 0.3 is 0 Å². The number of hydrogen-bond acceptors (Lipinski definition) is 6. The predicted molar refractivity (Wildman–Crippen MR) is 103 cm³/mol. The molecule has 2 aromatic carbocycles. The van der Waals surface area contributed by atoms with E-state index in [0.29, 0.717) is 40.6 Å². The number of amides is 1. The highest BCUT2D eigenvalue weighted by Gasteiger charge is 2.11. The smallest absolute Gasteiger partial charge is 0.255 e. The maximum absolute atomic E-state index is 12.5. The van der Waals surface area contributed by atoms with Crippen molar-refractivity contribution in [2.24, 2.45) is 0 Å². The van der Waals surface area contributed by atoms with E-state index in [9.17, 15) is 4.79 Å². The molecule has 1 amide bonds. The van der Waals surface area contributed by atoms with E-state index < -0.39 is 0 Å². The van der Waals surface area contributed by atoms with Crippen LogP contribution in [0.15, 0.2) is 51.4 Å². The summed E-state index contributed by atoms with van der Waals surface area (Å²) < 4.78 is 16.3. The maximum Gasteiger partial charge on any atom is 0.255 e. The molecule has 0 aliphatic rings. The average Bonchev–Trinajstić information content (AvgIpc) is 3.21. The maximum atomic E-state index is 12.5. The van der Waals surface area contributed by atoms with Gasteiger partial charge < -0.3 is 19.0 Å². The van der Waals surface area contributed by atoms with E-state index in [0.717, 1.165) is 17.0 Å². The number of rotatable bonds is 5. The van der Waals surface area contributed by atoms with Crippen molar-refractivity contribution in [2.75, 3.05) is 5.32 Å². The van der Waals surface area contributed by atoms with E-state index in [4.69, 9.17) is 13.7 Å². The summed E-state index contributed by atoms with van der Waals surface area (Å²) in [5.74, 6) is 1.78. The molecule has 0 fully saturated rings. The minimum atomic E-state index is -0.211. The zero-order valence-corrected chi connectivity index (χ0v) is 15.8. The van der Waals surface area contributed by atoms with Crippen molar-refractivity contribution in [1.29, 1.82) is 0 Å². The van der Waals surface area contributed by atoms with E-state index in [1.165, 1.54) is 0 Å². The summed E-state index contributed by atoms with van der Waals surface area (Å²) in [5.41, 5.74) is 4.33. The van der Waals surface area contributed by atoms with Crippen molar-refractivity contribution in [3.63, 3.8) is 0 Å². The van der Waals surface area contributed by atoms with Crippen LogP contribution < -0.4 is 10.1 Å². The fourth-order valence-electron chi connectivity index (χ4n) is 2.89. The van der Waals surface area contributed by atoms with Gasteiger partial charge in [-0.2, -0.15) is 0 Å². The van der Waals surface area contributed by atoms with Gasteiger partial charge in [0.05, 0.1) is 11.3 Å². The molecule has 0 unspecified atom stereocenters. The van der Waals surface area contributed by atoms with E-state index >= 15 is 0 Å². The first kappa shape index (κ1) is 17.8. The van der Waals surface area contributed by atoms with Crippen molar-refractivity contribution >= 4 is 22.7 Å². The highest BCUT2D eigenvalue weighted by molar-refractivity contribution is 6.04. The van der Waals surface area contributed by atoms with Gasteiger partial charge in [-0.05, 0) is 56.3 Å². The molecule has 2 heterocycles. The molecule has 2 aromatic heterocycles. The number of fused-ring (bicyclic) bond motifs is 1. The molecule has 7 heteroatoms. The zero-order chi connectivity index (χ0) is 19.7. The molecule has 0 spiro atoms. The third-order valence-electron chi connectivity index (χ3n) is 4.43. The Kier molecular flexibility index (Phi) is 4.57. The Hall–Kier alpha value is -3.61. The lowest BCUT2D eigenvalue weighted by Crippen LogP contribution is -2.11. The first-order chi connectivity index (χ1) is 13.5. The summed E-state index contributed by atoms with van der Waals surface area (Å²) >= 11 is 0. The van der Waals surface area contributed by atoms with E-state index in [2.05, 4.69) is 15.5 Å². The monoisotopic (exact) mass is 377 g/mol. The van der Waals surface area contributed by atoms with Crippen LogP contribution in [0, 0.1) is 20.8 Å². The fourth-order valence-corrected chi connectivity index (χ4v) is 2.89. The van der Waals surface area contributed by atoms with Crippen molar-refractivity contribution in [3.8, 4) is 5.75 Å². The molecular weight excluding hydrogens is 358 g/mol. The highest BCUT2D eigenvalue weighted by atomic mass is 16.5. The average molecular weight is 377 g/mol. The van der Waals surface area contributed by atoms with Gasteiger partial charge in [0.25, 0.3) is 5.91 Å². The molecule has 0 aliphatic heterocycles. The van der Waals surface area contributed by atoms with E-state index in [1.54, 1.807) is 49.4 Å². The topological polar surface area (TPSA) is 90.4 Å². The van der Waals surface area contributed by atoms with Crippen LogP contribution in [0.4, 0.5) is 5.69 Å². The second kappa shape index (κ2) is 7.19. The minimum absolute atomic E-state index is 0.211. The Balaban J connectivity index is 1.41. The fraction of sp³-hybridized carbons (Fsp3) is 0.190. The van der Waals surface area contributed by atoms with Crippen molar-refractivity contribution in [2.45, 2.75) is 27.4 Å². The number of hydrogen-bond donors (Lipinski definition) is 1. The van der Waals surface area contributed by atoms with Crippen LogP contribution in [0.1, 0.15) is 33.3 Å². The van der Waals surface area contributed by atoms with Gasteiger partial charge in [0, 0.05) is 18.2 Å². The molecular formula is C21H19N3O4. The molecule has 0 saturated carbocycles. The van der Waals surface area contributed by atoms with Crippen LogP contribution >= 0.6 is 0 Å². The summed E-state index contributed by atoms with van der Waals surface area (Å²) in [4.78, 5) is 16.8. The van der Waals surface area contributed by atoms with Crippen LogP contribution in [-0.4, -0.2) is 16.0 Å². The van der Waals surface area contributed by atoms with Crippen LogP contribution in [-0.2, 0) is 6.61 Å². The lowest BCUT2D eigenvalue weighted by atomic mass is 10.2. The number of carbonyl (C=O) groups excluding carboxylic acids is 1. The second-order valence-corrected chi connectivity index (χ2v) is 6.49. The molecule has 0 saturated heterocycles. The molecule has 142 valence electrons. The van der Waals surface area contributed by atoms with Gasteiger partial charge in [0.15, 0.2) is 11.5 Å². The van der Waals surface area contributed by atoms with Crippen LogP contribution in [0.2, 0.25) is 0 Å². The largest absolute Gasteiger partial charge is 0.489 e. The first-order valence-corrected chi connectivity index (χ1v) is 8.83. The minimum Gasteiger partial charge on any atom is -0.489 e. The zero-order valence-electron chi connectivity index (χ0n) is 15.8. The number of oxazole rings is 1. The van der Waals surface area contributed by atoms with Gasteiger partial charge in [-0.15, -0.1) is 0 Å². The Morgan fingerprint density at radius 1 is 1.11 bits per heavy atom. The van der Waals surface area contributed by atoms with Gasteiger partial charge in [-0.25, -0.2) is 4.98 Å². The number of nitrogens with zero attached hydrogens (tertiary/aromatic N) is 2.